The number of hydrogen-bond acceptors (Lipinski definition) is 7. The van der Waals surface area contributed by atoms with Gasteiger partial charge in [-0.25, -0.2) is 0 Å². The fraction of sp³-hybridized carbons (Fsp3) is 0.857. The lowest BCUT2D eigenvalue weighted by Crippen LogP contribution is -2.24. The molecule has 0 radical (unpaired) electrons. The highest BCUT2D eigenvalue weighted by molar-refractivity contribution is 4.89. The number of unbranched alkanes of at least 4 members (excludes halogenated alkanes) is 4. The smallest absolute Gasteiger partial charge is 0.180 e. The Hall–Kier alpha value is -0.800. The zero-order valence-electron chi connectivity index (χ0n) is 23.4. The summed E-state index contributed by atoms with van der Waals surface area (Å²) in [4.78, 5) is 0. The van der Waals surface area contributed by atoms with Crippen LogP contribution in [0.4, 0.5) is 0 Å². The third-order valence-corrected chi connectivity index (χ3v) is 5.05. The van der Waals surface area contributed by atoms with Gasteiger partial charge in [-0.05, 0) is 105 Å². The third-order valence-electron chi connectivity index (χ3n) is 5.05. The van der Waals surface area contributed by atoms with Crippen molar-refractivity contribution in [2.24, 2.45) is 0 Å². The van der Waals surface area contributed by atoms with E-state index >= 15 is 0 Å². The molecule has 7 nitrogen and oxygen atoms in total. The van der Waals surface area contributed by atoms with E-state index in [-0.39, 0.29) is 12.6 Å². The van der Waals surface area contributed by atoms with Crippen LogP contribution in [-0.4, -0.2) is 64.8 Å². The lowest BCUT2D eigenvalue weighted by Gasteiger charge is -2.20. The predicted octanol–water partition coefficient (Wildman–Crippen LogP) is 6.76. The quantitative estimate of drug-likeness (QED) is 0.0735. The van der Waals surface area contributed by atoms with Crippen molar-refractivity contribution < 1.29 is 33.2 Å². The van der Waals surface area contributed by atoms with Crippen molar-refractivity contribution in [1.29, 1.82) is 0 Å². The second-order valence-electron chi connectivity index (χ2n) is 7.89. The first-order chi connectivity index (χ1) is 17.1. The maximum absolute atomic E-state index is 6.05. The van der Waals surface area contributed by atoms with Crippen LogP contribution in [0.3, 0.4) is 0 Å². The Balaban J connectivity index is 4.40. The second kappa shape index (κ2) is 26.3. The summed E-state index contributed by atoms with van der Waals surface area (Å²) in [5.74, 6) is 0. The van der Waals surface area contributed by atoms with Crippen LogP contribution in [0.5, 0.6) is 0 Å². The highest BCUT2D eigenvalue weighted by atomic mass is 16.8. The standard InChI is InChI=1S/C28H54O7/c1-7-29-25(30-8-2)21-17-13-15-19-23-27(33-11-5)35-28(34-12-6)24-20-16-14-18-22-26(31-9-3)32-10-4/h19-20,23-28H,7-18,21-22H2,1-6H3. The molecule has 0 aliphatic heterocycles. The Morgan fingerprint density at radius 2 is 0.800 bits per heavy atom. The Morgan fingerprint density at radius 3 is 1.11 bits per heavy atom. The van der Waals surface area contributed by atoms with E-state index < -0.39 is 12.6 Å². The van der Waals surface area contributed by atoms with Crippen LogP contribution >= 0.6 is 0 Å². The molecule has 0 rings (SSSR count). The van der Waals surface area contributed by atoms with Gasteiger partial charge in [-0.15, -0.1) is 0 Å². The summed E-state index contributed by atoms with van der Waals surface area (Å²) in [7, 11) is 0. The van der Waals surface area contributed by atoms with E-state index in [0.717, 1.165) is 51.4 Å². The molecule has 0 bridgehead atoms. The van der Waals surface area contributed by atoms with Crippen molar-refractivity contribution >= 4 is 0 Å². The molecule has 0 spiro atoms. The summed E-state index contributed by atoms with van der Waals surface area (Å²) >= 11 is 0. The highest BCUT2D eigenvalue weighted by Crippen LogP contribution is 2.12. The first kappa shape index (κ1) is 34.2. The molecule has 2 unspecified atom stereocenters. The summed E-state index contributed by atoms with van der Waals surface area (Å²) in [5, 5.41) is 0. The van der Waals surface area contributed by atoms with Crippen molar-refractivity contribution in [2.45, 2.75) is 118 Å². The van der Waals surface area contributed by atoms with Crippen LogP contribution < -0.4 is 0 Å². The van der Waals surface area contributed by atoms with E-state index in [0.29, 0.717) is 39.6 Å². The fourth-order valence-electron chi connectivity index (χ4n) is 3.48. The van der Waals surface area contributed by atoms with Crippen molar-refractivity contribution in [3.63, 3.8) is 0 Å². The Bertz CT molecular complexity index is 430. The van der Waals surface area contributed by atoms with Crippen LogP contribution in [0, 0.1) is 0 Å². The molecular formula is C28H54O7. The number of allylic oxidation sites excluding steroid dienone is 2. The molecule has 208 valence electrons. The first-order valence-electron chi connectivity index (χ1n) is 13.8. The SMILES string of the molecule is CCOC(C=CCCCCC(OCC)OCC)OC(C=CCCCCC(OCC)OCC)OCC. The van der Waals surface area contributed by atoms with Gasteiger partial charge in [-0.3, -0.25) is 0 Å². The van der Waals surface area contributed by atoms with Crippen LogP contribution in [0.25, 0.3) is 0 Å². The van der Waals surface area contributed by atoms with Crippen molar-refractivity contribution in [3.05, 3.63) is 24.3 Å². The fourth-order valence-corrected chi connectivity index (χ4v) is 3.48. The summed E-state index contributed by atoms with van der Waals surface area (Å²) in [6, 6.07) is 0. The Morgan fingerprint density at radius 1 is 0.457 bits per heavy atom. The molecule has 0 saturated carbocycles. The summed E-state index contributed by atoms with van der Waals surface area (Å²) in [6.45, 7) is 15.8. The van der Waals surface area contributed by atoms with Crippen LogP contribution in [0.2, 0.25) is 0 Å². The molecule has 0 aromatic rings. The van der Waals surface area contributed by atoms with E-state index in [1.807, 2.05) is 53.7 Å². The normalized spacial score (nSPS) is 14.2. The van der Waals surface area contributed by atoms with Crippen molar-refractivity contribution in [1.82, 2.24) is 0 Å². The molecule has 0 aromatic carbocycles. The molecule has 35 heavy (non-hydrogen) atoms. The molecule has 0 saturated heterocycles. The maximum Gasteiger partial charge on any atom is 0.180 e. The van der Waals surface area contributed by atoms with E-state index in [2.05, 4.69) is 12.2 Å². The van der Waals surface area contributed by atoms with E-state index in [1.165, 1.54) is 0 Å². The van der Waals surface area contributed by atoms with E-state index in [4.69, 9.17) is 33.2 Å². The number of rotatable bonds is 26. The van der Waals surface area contributed by atoms with Crippen molar-refractivity contribution in [3.8, 4) is 0 Å². The Kier molecular flexibility index (Phi) is 25.7. The molecule has 0 aromatic heterocycles. The molecule has 0 N–H and O–H groups in total. The summed E-state index contributed by atoms with van der Waals surface area (Å²) < 4.78 is 39.9. The van der Waals surface area contributed by atoms with Gasteiger partial charge in [0.1, 0.15) is 0 Å². The second-order valence-corrected chi connectivity index (χ2v) is 7.89. The van der Waals surface area contributed by atoms with E-state index in [1.54, 1.807) is 0 Å². The molecule has 0 fully saturated rings. The summed E-state index contributed by atoms with van der Waals surface area (Å²) in [6.07, 6.45) is 15.1. The third kappa shape index (κ3) is 21.0. The average Bonchev–Trinajstić information content (AvgIpc) is 2.84. The molecule has 0 amide bonds. The molecule has 0 aliphatic carbocycles. The van der Waals surface area contributed by atoms with Gasteiger partial charge in [0.2, 0.25) is 0 Å². The van der Waals surface area contributed by atoms with Gasteiger partial charge >= 0.3 is 0 Å². The lowest BCUT2D eigenvalue weighted by molar-refractivity contribution is -0.204. The van der Waals surface area contributed by atoms with Gasteiger partial charge < -0.3 is 33.2 Å². The van der Waals surface area contributed by atoms with Gasteiger partial charge in [0, 0.05) is 39.6 Å². The molecular weight excluding hydrogens is 448 g/mol. The van der Waals surface area contributed by atoms with Crippen molar-refractivity contribution in [2.75, 3.05) is 39.6 Å². The minimum atomic E-state index is -0.432. The van der Waals surface area contributed by atoms with Gasteiger partial charge in [0.25, 0.3) is 0 Å². The maximum atomic E-state index is 6.05. The molecule has 0 heterocycles. The van der Waals surface area contributed by atoms with Crippen LogP contribution in [0.15, 0.2) is 24.3 Å². The predicted molar refractivity (Wildman–Crippen MR) is 141 cm³/mol. The monoisotopic (exact) mass is 502 g/mol. The van der Waals surface area contributed by atoms with Gasteiger partial charge in [0.15, 0.2) is 25.2 Å². The first-order valence-corrected chi connectivity index (χ1v) is 13.8. The molecule has 7 heteroatoms. The largest absolute Gasteiger partial charge is 0.353 e. The Labute approximate surface area is 215 Å². The number of ether oxygens (including phenoxy) is 7. The van der Waals surface area contributed by atoms with Crippen LogP contribution in [0.1, 0.15) is 92.9 Å². The zero-order chi connectivity index (χ0) is 26.0. The lowest BCUT2D eigenvalue weighted by atomic mass is 10.2. The molecule has 0 aliphatic rings. The van der Waals surface area contributed by atoms with E-state index in [9.17, 15) is 0 Å². The van der Waals surface area contributed by atoms with Gasteiger partial charge in [-0.1, -0.05) is 12.2 Å². The van der Waals surface area contributed by atoms with Gasteiger partial charge in [-0.2, -0.15) is 0 Å². The zero-order valence-corrected chi connectivity index (χ0v) is 23.4. The van der Waals surface area contributed by atoms with Gasteiger partial charge in [0.05, 0.1) is 0 Å². The minimum Gasteiger partial charge on any atom is -0.353 e. The van der Waals surface area contributed by atoms with Crippen LogP contribution in [-0.2, 0) is 33.2 Å². The minimum absolute atomic E-state index is 0.0944. The summed E-state index contributed by atoms with van der Waals surface area (Å²) in [5.41, 5.74) is 0. The topological polar surface area (TPSA) is 64.6 Å². The molecule has 2 atom stereocenters. The average molecular weight is 503 g/mol. The highest BCUT2D eigenvalue weighted by Gasteiger charge is 2.13. The number of hydrogen-bond donors (Lipinski definition) is 0.